The fourth-order valence-electron chi connectivity index (χ4n) is 6.05. The standard InChI is InChI=1S/C31H34N2O3/c1-20-17-28(31(36)33-26-5-3-2-4-6-26)27-16-15-25(19-29(27)32-20)24-13-11-23(12-14-24)22-9-7-21(8-10-22)18-30(34)35/h2-6,11-16,19,21-22,27-29H,7-10,17-18H2,1H3,(H,33,36)(H,34,35). The third-order valence-corrected chi connectivity index (χ3v) is 8.00. The molecule has 5 nitrogen and oxygen atoms in total. The lowest BCUT2D eigenvalue weighted by atomic mass is 9.75. The third-order valence-electron chi connectivity index (χ3n) is 8.00. The zero-order valence-corrected chi connectivity index (χ0v) is 20.8. The minimum absolute atomic E-state index is 0.0329. The highest BCUT2D eigenvalue weighted by atomic mass is 16.4. The van der Waals surface area contributed by atoms with Crippen LogP contribution in [0.25, 0.3) is 5.57 Å². The zero-order valence-electron chi connectivity index (χ0n) is 20.8. The minimum atomic E-state index is -0.681. The molecule has 5 heteroatoms. The molecule has 2 aromatic rings. The van der Waals surface area contributed by atoms with Crippen molar-refractivity contribution in [2.45, 2.75) is 57.4 Å². The van der Waals surface area contributed by atoms with Crippen molar-refractivity contribution in [2.24, 2.45) is 22.7 Å². The number of hydrogen-bond acceptors (Lipinski definition) is 3. The molecule has 2 N–H and O–H groups in total. The number of anilines is 1. The van der Waals surface area contributed by atoms with E-state index >= 15 is 0 Å². The van der Waals surface area contributed by atoms with Crippen LogP contribution in [0.2, 0.25) is 0 Å². The molecule has 0 bridgehead atoms. The highest BCUT2D eigenvalue weighted by molar-refractivity contribution is 5.97. The summed E-state index contributed by atoms with van der Waals surface area (Å²) in [7, 11) is 0. The molecule has 36 heavy (non-hydrogen) atoms. The molecule has 1 aliphatic heterocycles. The van der Waals surface area contributed by atoms with E-state index in [0.29, 0.717) is 24.7 Å². The molecule has 3 unspecified atom stereocenters. The Morgan fingerprint density at radius 3 is 2.42 bits per heavy atom. The van der Waals surface area contributed by atoms with Gasteiger partial charge in [-0.1, -0.05) is 60.7 Å². The first-order valence-electron chi connectivity index (χ1n) is 13.1. The second-order valence-electron chi connectivity index (χ2n) is 10.5. The van der Waals surface area contributed by atoms with Crippen molar-refractivity contribution in [2.75, 3.05) is 5.32 Å². The van der Waals surface area contributed by atoms with Gasteiger partial charge in [0.2, 0.25) is 5.91 Å². The number of aliphatic imine (C=N–C) groups is 1. The molecule has 1 saturated carbocycles. The summed E-state index contributed by atoms with van der Waals surface area (Å²) < 4.78 is 0. The first-order valence-corrected chi connectivity index (χ1v) is 13.1. The van der Waals surface area contributed by atoms with E-state index in [-0.39, 0.29) is 23.8 Å². The number of nitrogens with zero attached hydrogens (tertiary/aromatic N) is 1. The fourth-order valence-corrected chi connectivity index (χ4v) is 6.05. The summed E-state index contributed by atoms with van der Waals surface area (Å²) in [4.78, 5) is 29.0. The van der Waals surface area contributed by atoms with Crippen LogP contribution in [-0.2, 0) is 9.59 Å². The summed E-state index contributed by atoms with van der Waals surface area (Å²) >= 11 is 0. The number of carbonyl (C=O) groups excluding carboxylic acids is 1. The van der Waals surface area contributed by atoms with Crippen molar-refractivity contribution in [3.8, 4) is 0 Å². The molecule has 1 fully saturated rings. The SMILES string of the molecule is CC1=NC2C=C(c3ccc(C4CCC(CC(=O)O)CC4)cc3)C=CC2C(C(=O)Nc2ccccc2)C1. The molecule has 2 aliphatic carbocycles. The first-order chi connectivity index (χ1) is 17.5. The Morgan fingerprint density at radius 1 is 1.00 bits per heavy atom. The maximum atomic E-state index is 13.1. The summed E-state index contributed by atoms with van der Waals surface area (Å²) in [5, 5.41) is 12.1. The van der Waals surface area contributed by atoms with Gasteiger partial charge in [0, 0.05) is 23.7 Å². The molecule has 0 saturated heterocycles. The lowest BCUT2D eigenvalue weighted by molar-refractivity contribution is -0.138. The summed E-state index contributed by atoms with van der Waals surface area (Å²) in [6, 6.07) is 18.4. The predicted molar refractivity (Wildman–Crippen MR) is 144 cm³/mol. The number of para-hydroxylation sites is 1. The van der Waals surface area contributed by atoms with Crippen LogP contribution in [0, 0.1) is 17.8 Å². The van der Waals surface area contributed by atoms with Gasteiger partial charge >= 0.3 is 5.97 Å². The predicted octanol–water partition coefficient (Wildman–Crippen LogP) is 6.49. The Labute approximate surface area is 213 Å². The second kappa shape index (κ2) is 10.7. The van der Waals surface area contributed by atoms with Crippen molar-refractivity contribution in [1.82, 2.24) is 0 Å². The average molecular weight is 483 g/mol. The smallest absolute Gasteiger partial charge is 0.303 e. The van der Waals surface area contributed by atoms with E-state index in [1.807, 2.05) is 37.3 Å². The van der Waals surface area contributed by atoms with E-state index in [4.69, 9.17) is 10.1 Å². The highest BCUT2D eigenvalue weighted by Crippen LogP contribution is 2.39. The quantitative estimate of drug-likeness (QED) is 0.494. The van der Waals surface area contributed by atoms with Gasteiger partial charge in [0.25, 0.3) is 0 Å². The van der Waals surface area contributed by atoms with E-state index in [0.717, 1.165) is 48.2 Å². The molecule has 0 radical (unpaired) electrons. The lowest BCUT2D eigenvalue weighted by Gasteiger charge is -2.34. The van der Waals surface area contributed by atoms with Gasteiger partial charge in [-0.05, 0) is 79.7 Å². The monoisotopic (exact) mass is 482 g/mol. The minimum Gasteiger partial charge on any atom is -0.481 e. The number of rotatable bonds is 6. The summed E-state index contributed by atoms with van der Waals surface area (Å²) in [5.74, 6) is 0.121. The Kier molecular flexibility index (Phi) is 7.17. The second-order valence-corrected chi connectivity index (χ2v) is 10.5. The van der Waals surface area contributed by atoms with Crippen molar-refractivity contribution >= 4 is 28.8 Å². The number of amides is 1. The largest absolute Gasteiger partial charge is 0.481 e. The number of aliphatic carboxylic acids is 1. The van der Waals surface area contributed by atoms with E-state index in [1.54, 1.807) is 0 Å². The molecular formula is C31H34N2O3. The number of fused-ring (bicyclic) bond motifs is 1. The molecule has 186 valence electrons. The maximum Gasteiger partial charge on any atom is 0.303 e. The first kappa shape index (κ1) is 24.2. The molecule has 3 aliphatic rings. The summed E-state index contributed by atoms with van der Waals surface area (Å²) in [6.45, 7) is 2.02. The summed E-state index contributed by atoms with van der Waals surface area (Å²) in [5.41, 5.74) is 5.50. The molecule has 3 atom stereocenters. The molecule has 1 amide bonds. The van der Waals surface area contributed by atoms with Gasteiger partial charge in [0.05, 0.1) is 12.0 Å². The van der Waals surface area contributed by atoms with Gasteiger partial charge in [-0.2, -0.15) is 0 Å². The van der Waals surface area contributed by atoms with E-state index in [2.05, 4.69) is 47.8 Å². The fraction of sp³-hybridized carbons (Fsp3) is 0.387. The number of nitrogens with one attached hydrogen (secondary N) is 1. The van der Waals surface area contributed by atoms with Gasteiger partial charge in [-0.15, -0.1) is 0 Å². The van der Waals surface area contributed by atoms with Crippen LogP contribution in [-0.4, -0.2) is 28.7 Å². The normalized spacial score (nSPS) is 27.4. The number of hydrogen-bond donors (Lipinski definition) is 2. The Hall–Kier alpha value is -3.47. The van der Waals surface area contributed by atoms with Gasteiger partial charge in [-0.3, -0.25) is 14.6 Å². The number of carbonyl (C=O) groups is 2. The third kappa shape index (κ3) is 5.51. The maximum absolute atomic E-state index is 13.1. The number of allylic oxidation sites excluding steroid dienone is 2. The lowest BCUT2D eigenvalue weighted by Crippen LogP contribution is -2.39. The molecule has 1 heterocycles. The van der Waals surface area contributed by atoms with Crippen molar-refractivity contribution in [3.05, 3.63) is 84.0 Å². The number of carboxylic acid groups (broad SMARTS) is 1. The molecule has 5 rings (SSSR count). The van der Waals surface area contributed by atoms with Crippen molar-refractivity contribution in [3.63, 3.8) is 0 Å². The van der Waals surface area contributed by atoms with Crippen LogP contribution in [0.1, 0.15) is 62.5 Å². The zero-order chi connectivity index (χ0) is 25.1. The van der Waals surface area contributed by atoms with Crippen LogP contribution in [0.4, 0.5) is 5.69 Å². The number of benzene rings is 2. The Balaban J connectivity index is 1.25. The van der Waals surface area contributed by atoms with Gasteiger partial charge < -0.3 is 10.4 Å². The molecular weight excluding hydrogens is 448 g/mol. The van der Waals surface area contributed by atoms with Crippen LogP contribution in [0.5, 0.6) is 0 Å². The van der Waals surface area contributed by atoms with Crippen molar-refractivity contribution < 1.29 is 14.7 Å². The Bertz CT molecular complexity index is 1190. The van der Waals surface area contributed by atoms with Gasteiger partial charge in [0.1, 0.15) is 0 Å². The topological polar surface area (TPSA) is 78.8 Å². The Morgan fingerprint density at radius 2 is 1.72 bits per heavy atom. The summed E-state index contributed by atoms with van der Waals surface area (Å²) in [6.07, 6.45) is 11.6. The van der Waals surface area contributed by atoms with Crippen molar-refractivity contribution in [1.29, 1.82) is 0 Å². The van der Waals surface area contributed by atoms with Crippen LogP contribution < -0.4 is 5.32 Å². The van der Waals surface area contributed by atoms with Gasteiger partial charge in [-0.25, -0.2) is 0 Å². The molecule has 0 spiro atoms. The average Bonchev–Trinajstić information content (AvgIpc) is 2.88. The van der Waals surface area contributed by atoms with E-state index in [1.165, 1.54) is 5.56 Å². The highest BCUT2D eigenvalue weighted by Gasteiger charge is 2.37. The molecule has 0 aromatic heterocycles. The number of carboxylic acids is 1. The van der Waals surface area contributed by atoms with Crippen LogP contribution in [0.3, 0.4) is 0 Å². The van der Waals surface area contributed by atoms with E-state index < -0.39 is 5.97 Å². The van der Waals surface area contributed by atoms with Crippen LogP contribution in [0.15, 0.2) is 77.8 Å². The van der Waals surface area contributed by atoms with Gasteiger partial charge in [0.15, 0.2) is 0 Å². The van der Waals surface area contributed by atoms with E-state index in [9.17, 15) is 9.59 Å². The van der Waals surface area contributed by atoms with Crippen LogP contribution >= 0.6 is 0 Å². The molecule has 2 aromatic carbocycles.